The lowest BCUT2D eigenvalue weighted by Gasteiger charge is -2.30. The first-order valence-electron chi connectivity index (χ1n) is 11.4. The number of hydrogen-bond donors (Lipinski definition) is 4. The average molecular weight is 454 g/mol. The molecular weight excluding hydrogens is 422 g/mol. The molecule has 2 atom stereocenters. The van der Waals surface area contributed by atoms with E-state index in [9.17, 15) is 9.59 Å². The lowest BCUT2D eigenvalue weighted by molar-refractivity contribution is -0.126. The molecule has 2 aromatic rings. The van der Waals surface area contributed by atoms with Crippen LogP contribution in [0.25, 0.3) is 11.1 Å². The van der Waals surface area contributed by atoms with Crippen LogP contribution < -0.4 is 21.7 Å². The van der Waals surface area contributed by atoms with Crippen molar-refractivity contribution >= 4 is 23.4 Å². The molecule has 9 heteroatoms. The van der Waals surface area contributed by atoms with Crippen molar-refractivity contribution in [3.8, 4) is 11.1 Å². The normalized spacial score (nSPS) is 21.0. The number of carbonyl (C=O) groups excluding carboxylic acids is 2. The van der Waals surface area contributed by atoms with Crippen LogP contribution in [0.1, 0.15) is 43.8 Å². The van der Waals surface area contributed by atoms with Crippen LogP contribution in [0.15, 0.2) is 36.5 Å². The van der Waals surface area contributed by atoms with Gasteiger partial charge in [0, 0.05) is 29.2 Å². The van der Waals surface area contributed by atoms with Gasteiger partial charge in [0.1, 0.15) is 6.04 Å². The Bertz CT molecular complexity index is 995. The van der Waals surface area contributed by atoms with E-state index in [0.29, 0.717) is 25.3 Å². The third-order valence-corrected chi connectivity index (χ3v) is 6.06. The summed E-state index contributed by atoms with van der Waals surface area (Å²) in [6, 6.07) is 8.94. The van der Waals surface area contributed by atoms with Gasteiger partial charge in [-0.25, -0.2) is 4.79 Å². The summed E-state index contributed by atoms with van der Waals surface area (Å²) in [6.07, 6.45) is 5.55. The number of ether oxygens (including phenoxy) is 2. The molecule has 2 aliphatic heterocycles. The highest BCUT2D eigenvalue weighted by atomic mass is 16.5. The summed E-state index contributed by atoms with van der Waals surface area (Å²) in [7, 11) is 1.32. The number of benzene rings is 1. The molecule has 0 spiro atoms. The monoisotopic (exact) mass is 453 g/mol. The number of nitrogens with two attached hydrogens (primary N) is 1. The Labute approximate surface area is 193 Å². The first kappa shape index (κ1) is 23.0. The molecule has 176 valence electrons. The van der Waals surface area contributed by atoms with Crippen molar-refractivity contribution in [2.75, 3.05) is 31.0 Å². The number of anilines is 2. The second-order valence-electron chi connectivity index (χ2n) is 8.53. The van der Waals surface area contributed by atoms with Crippen LogP contribution in [-0.2, 0) is 14.3 Å². The molecule has 2 amide bonds. The molecule has 9 nitrogen and oxygen atoms in total. The highest BCUT2D eigenvalue weighted by Gasteiger charge is 2.26. The maximum atomic E-state index is 13.1. The minimum absolute atomic E-state index is 0.0523. The molecule has 0 aliphatic carbocycles. The van der Waals surface area contributed by atoms with Gasteiger partial charge in [0.15, 0.2) is 0 Å². The van der Waals surface area contributed by atoms with Crippen molar-refractivity contribution in [2.24, 2.45) is 5.73 Å². The number of hydrogen-bond acceptors (Lipinski definition) is 7. The Kier molecular flexibility index (Phi) is 7.41. The number of nitrogens with zero attached hydrogens (tertiary/aromatic N) is 1. The summed E-state index contributed by atoms with van der Waals surface area (Å²) in [6.45, 7) is 1.08. The van der Waals surface area contributed by atoms with E-state index in [2.05, 4.69) is 20.9 Å². The summed E-state index contributed by atoms with van der Waals surface area (Å²) < 4.78 is 9.92. The highest BCUT2D eigenvalue weighted by molar-refractivity contribution is 5.91. The predicted molar refractivity (Wildman–Crippen MR) is 126 cm³/mol. The van der Waals surface area contributed by atoms with Crippen molar-refractivity contribution in [1.29, 1.82) is 0 Å². The van der Waals surface area contributed by atoms with Gasteiger partial charge in [-0.05, 0) is 42.7 Å². The fourth-order valence-electron chi connectivity index (χ4n) is 4.10. The maximum absolute atomic E-state index is 13.1. The van der Waals surface area contributed by atoms with Crippen molar-refractivity contribution in [3.63, 3.8) is 0 Å². The first-order valence-corrected chi connectivity index (χ1v) is 11.4. The van der Waals surface area contributed by atoms with Crippen molar-refractivity contribution in [2.45, 2.75) is 50.2 Å². The standard InChI is InChI=1S/C24H31N5O4/c1-32-24(31)28-16-7-8-18-15-9-10-26-22(11-15)19(25)5-3-2-4-6-20(29-21(18)12-16)23(30)27-17-13-33-14-17/h7-12,17,19-20,29H,2-6,13-14,25H2,1H3,(H,27,30)(H,28,31)/t19-,20+/m0/s1. The molecule has 1 saturated heterocycles. The van der Waals surface area contributed by atoms with Crippen LogP contribution in [0.4, 0.5) is 16.2 Å². The van der Waals surface area contributed by atoms with E-state index in [4.69, 9.17) is 15.2 Å². The number of aromatic nitrogens is 1. The molecule has 3 heterocycles. The Balaban J connectivity index is 1.70. The maximum Gasteiger partial charge on any atom is 0.411 e. The fraction of sp³-hybridized carbons (Fsp3) is 0.458. The molecule has 0 unspecified atom stereocenters. The Morgan fingerprint density at radius 3 is 2.73 bits per heavy atom. The van der Waals surface area contributed by atoms with Gasteiger partial charge in [-0.3, -0.25) is 15.1 Å². The molecular formula is C24H31N5O4. The summed E-state index contributed by atoms with van der Waals surface area (Å²) in [5.41, 5.74) is 10.4. The lowest BCUT2D eigenvalue weighted by Crippen LogP contribution is -2.52. The van der Waals surface area contributed by atoms with Gasteiger partial charge in [-0.2, -0.15) is 0 Å². The Morgan fingerprint density at radius 2 is 1.97 bits per heavy atom. The summed E-state index contributed by atoms with van der Waals surface area (Å²) >= 11 is 0. The summed E-state index contributed by atoms with van der Waals surface area (Å²) in [5, 5.41) is 9.20. The van der Waals surface area contributed by atoms with Gasteiger partial charge < -0.3 is 25.8 Å². The van der Waals surface area contributed by atoms with Gasteiger partial charge in [0.25, 0.3) is 0 Å². The second kappa shape index (κ2) is 10.6. The van der Waals surface area contributed by atoms with E-state index in [1.165, 1.54) is 7.11 Å². The third-order valence-electron chi connectivity index (χ3n) is 6.06. The molecule has 33 heavy (non-hydrogen) atoms. The summed E-state index contributed by atoms with van der Waals surface area (Å²) in [5.74, 6) is -0.0532. The number of nitrogens with one attached hydrogen (secondary N) is 3. The number of rotatable bonds is 3. The highest BCUT2D eigenvalue weighted by Crippen LogP contribution is 2.33. The molecule has 1 fully saturated rings. The Morgan fingerprint density at radius 1 is 1.15 bits per heavy atom. The molecule has 0 radical (unpaired) electrons. The molecule has 0 saturated carbocycles. The van der Waals surface area contributed by atoms with Crippen LogP contribution in [0, 0.1) is 0 Å². The van der Waals surface area contributed by atoms with Gasteiger partial charge >= 0.3 is 6.09 Å². The molecule has 1 aromatic heterocycles. The zero-order valence-corrected chi connectivity index (χ0v) is 18.8. The average Bonchev–Trinajstić information content (AvgIpc) is 2.80. The smallest absolute Gasteiger partial charge is 0.411 e. The van der Waals surface area contributed by atoms with E-state index in [0.717, 1.165) is 48.2 Å². The number of carbonyl (C=O) groups is 2. The zero-order chi connectivity index (χ0) is 23.2. The number of fused-ring (bicyclic) bond motifs is 4. The van der Waals surface area contributed by atoms with E-state index in [1.54, 1.807) is 12.3 Å². The molecule has 4 rings (SSSR count). The SMILES string of the molecule is COC(=O)Nc1ccc2c(c1)N[C@@H](C(=O)NC1COC1)CCCCC[C@H](N)c1cc-2ccn1. The van der Waals surface area contributed by atoms with E-state index < -0.39 is 12.1 Å². The van der Waals surface area contributed by atoms with Crippen molar-refractivity contribution < 1.29 is 19.1 Å². The van der Waals surface area contributed by atoms with Gasteiger partial charge in [0.2, 0.25) is 5.91 Å². The Hall–Kier alpha value is -3.17. The number of amides is 2. The number of pyridine rings is 1. The van der Waals surface area contributed by atoms with Gasteiger partial charge in [-0.1, -0.05) is 25.3 Å². The predicted octanol–water partition coefficient (Wildman–Crippen LogP) is 3.19. The quantitative estimate of drug-likeness (QED) is 0.562. The minimum atomic E-state index is -0.559. The van der Waals surface area contributed by atoms with E-state index >= 15 is 0 Å². The molecule has 2 aliphatic rings. The summed E-state index contributed by atoms with van der Waals surface area (Å²) in [4.78, 5) is 29.3. The van der Waals surface area contributed by atoms with Crippen molar-refractivity contribution in [1.82, 2.24) is 10.3 Å². The van der Waals surface area contributed by atoms with Crippen LogP contribution >= 0.6 is 0 Å². The van der Waals surface area contributed by atoms with Crippen LogP contribution in [0.5, 0.6) is 0 Å². The topological polar surface area (TPSA) is 128 Å². The van der Waals surface area contributed by atoms with Crippen LogP contribution in [0.3, 0.4) is 0 Å². The fourth-order valence-corrected chi connectivity index (χ4v) is 4.10. The van der Waals surface area contributed by atoms with Crippen molar-refractivity contribution in [3.05, 3.63) is 42.2 Å². The van der Waals surface area contributed by atoms with Gasteiger partial charge in [-0.15, -0.1) is 0 Å². The van der Waals surface area contributed by atoms with E-state index in [1.807, 2.05) is 24.3 Å². The van der Waals surface area contributed by atoms with E-state index in [-0.39, 0.29) is 18.0 Å². The minimum Gasteiger partial charge on any atom is -0.453 e. The van der Waals surface area contributed by atoms with Crippen LogP contribution in [0.2, 0.25) is 0 Å². The zero-order valence-electron chi connectivity index (χ0n) is 18.8. The molecule has 5 N–H and O–H groups in total. The third kappa shape index (κ3) is 5.80. The molecule has 2 bridgehead atoms. The largest absolute Gasteiger partial charge is 0.453 e. The number of methoxy groups -OCH3 is 1. The lowest BCUT2D eigenvalue weighted by atomic mass is 10.00. The molecule has 1 aromatic carbocycles. The van der Waals surface area contributed by atoms with Crippen LogP contribution in [-0.4, -0.2) is 49.4 Å². The van der Waals surface area contributed by atoms with Gasteiger partial charge in [0.05, 0.1) is 32.1 Å². The second-order valence-corrected chi connectivity index (χ2v) is 8.53. The first-order chi connectivity index (χ1) is 16.0.